The molecule has 4 rings (SSSR count). The van der Waals surface area contributed by atoms with Crippen molar-refractivity contribution >= 4 is 6.29 Å². The summed E-state index contributed by atoms with van der Waals surface area (Å²) in [5.41, 5.74) is 1.82. The first kappa shape index (κ1) is 10.5. The Labute approximate surface area is 96.1 Å². The van der Waals surface area contributed by atoms with Gasteiger partial charge in [-0.25, -0.2) is 4.39 Å². The fourth-order valence-electron chi connectivity index (χ4n) is 3.95. The maximum atomic E-state index is 13.6. The summed E-state index contributed by atoms with van der Waals surface area (Å²) in [6.07, 6.45) is 6.05. The monoisotopic (exact) mass is 222 g/mol. The molecule has 0 unspecified atom stereocenters. The van der Waals surface area contributed by atoms with Crippen LogP contribution in [0.15, 0.2) is 11.1 Å². The van der Waals surface area contributed by atoms with E-state index in [1.54, 1.807) is 0 Å². The molecule has 16 heavy (non-hydrogen) atoms. The molecule has 0 aliphatic heterocycles. The van der Waals surface area contributed by atoms with E-state index in [1.165, 1.54) is 5.57 Å². The molecular formula is C14H19FO. The Hall–Kier alpha value is -0.660. The van der Waals surface area contributed by atoms with Gasteiger partial charge in [0, 0.05) is 5.41 Å². The molecule has 2 bridgehead atoms. The van der Waals surface area contributed by atoms with Gasteiger partial charge in [0.2, 0.25) is 0 Å². The molecule has 1 nitrogen and oxygen atoms in total. The van der Waals surface area contributed by atoms with Gasteiger partial charge in [-0.1, -0.05) is 19.4 Å². The number of halogens is 1. The Kier molecular flexibility index (Phi) is 1.82. The molecule has 4 aliphatic rings. The standard InChI is InChI=1S/C14H19FO/c1-12(2)4-3-10(6-16)11(5-12)13-7-14(15,8-13)9-13/h6H,3-5,7-9H2,1-2H3. The molecule has 0 radical (unpaired) electrons. The molecular weight excluding hydrogens is 203 g/mol. The van der Waals surface area contributed by atoms with Gasteiger partial charge in [0.15, 0.2) is 0 Å². The second kappa shape index (κ2) is 2.77. The van der Waals surface area contributed by atoms with Crippen LogP contribution in [0.3, 0.4) is 0 Å². The Bertz CT molecular complexity index is 372. The van der Waals surface area contributed by atoms with Gasteiger partial charge in [-0.05, 0) is 49.5 Å². The number of hydrogen-bond donors (Lipinski definition) is 0. The minimum atomic E-state index is -0.859. The number of rotatable bonds is 2. The average molecular weight is 222 g/mol. The quantitative estimate of drug-likeness (QED) is 0.653. The van der Waals surface area contributed by atoms with E-state index in [1.807, 2.05) is 0 Å². The van der Waals surface area contributed by atoms with Gasteiger partial charge >= 0.3 is 0 Å². The van der Waals surface area contributed by atoms with E-state index in [-0.39, 0.29) is 5.41 Å². The third kappa shape index (κ3) is 1.25. The van der Waals surface area contributed by atoms with Crippen LogP contribution in [0.2, 0.25) is 0 Å². The highest BCUT2D eigenvalue weighted by Gasteiger charge is 2.70. The lowest BCUT2D eigenvalue weighted by Gasteiger charge is -2.68. The van der Waals surface area contributed by atoms with Crippen LogP contribution >= 0.6 is 0 Å². The van der Waals surface area contributed by atoms with Gasteiger partial charge in [-0.2, -0.15) is 0 Å². The summed E-state index contributed by atoms with van der Waals surface area (Å²) >= 11 is 0. The topological polar surface area (TPSA) is 17.1 Å². The predicted octanol–water partition coefficient (Wildman–Crippen LogP) is 3.58. The first-order chi connectivity index (χ1) is 7.38. The number of carbonyl (C=O) groups is 1. The number of aldehydes is 1. The third-order valence-corrected chi connectivity index (χ3v) is 4.86. The molecule has 0 spiro atoms. The van der Waals surface area contributed by atoms with Gasteiger partial charge in [0.05, 0.1) is 0 Å². The van der Waals surface area contributed by atoms with Crippen molar-refractivity contribution in [3.8, 4) is 0 Å². The van der Waals surface area contributed by atoms with Crippen molar-refractivity contribution in [1.29, 1.82) is 0 Å². The zero-order valence-electron chi connectivity index (χ0n) is 10.1. The fourth-order valence-corrected chi connectivity index (χ4v) is 3.95. The molecule has 4 aliphatic carbocycles. The van der Waals surface area contributed by atoms with Crippen molar-refractivity contribution in [2.24, 2.45) is 10.8 Å². The van der Waals surface area contributed by atoms with Crippen LogP contribution in [0.4, 0.5) is 4.39 Å². The summed E-state index contributed by atoms with van der Waals surface area (Å²) in [5, 5.41) is 0. The van der Waals surface area contributed by atoms with Crippen LogP contribution in [0.5, 0.6) is 0 Å². The van der Waals surface area contributed by atoms with Gasteiger partial charge in [-0.3, -0.25) is 4.79 Å². The molecule has 3 saturated carbocycles. The lowest BCUT2D eigenvalue weighted by molar-refractivity contribution is -0.193. The van der Waals surface area contributed by atoms with E-state index in [0.717, 1.165) is 31.1 Å². The van der Waals surface area contributed by atoms with Crippen molar-refractivity contribution < 1.29 is 9.18 Å². The molecule has 2 heteroatoms. The minimum absolute atomic E-state index is 0.0999. The van der Waals surface area contributed by atoms with Gasteiger partial charge in [0.25, 0.3) is 0 Å². The summed E-state index contributed by atoms with van der Waals surface area (Å²) in [6.45, 7) is 4.51. The molecule has 88 valence electrons. The molecule has 0 amide bonds. The van der Waals surface area contributed by atoms with E-state index in [2.05, 4.69) is 13.8 Å². The number of allylic oxidation sites excluding steroid dienone is 2. The zero-order valence-corrected chi connectivity index (χ0v) is 10.1. The first-order valence-corrected chi connectivity index (χ1v) is 6.25. The predicted molar refractivity (Wildman–Crippen MR) is 60.8 cm³/mol. The van der Waals surface area contributed by atoms with Crippen LogP contribution in [0.1, 0.15) is 52.4 Å². The van der Waals surface area contributed by atoms with Crippen LogP contribution < -0.4 is 0 Å². The molecule has 0 atom stereocenters. The van der Waals surface area contributed by atoms with E-state index < -0.39 is 5.67 Å². The van der Waals surface area contributed by atoms with Gasteiger partial charge < -0.3 is 0 Å². The van der Waals surface area contributed by atoms with Crippen molar-refractivity contribution in [3.63, 3.8) is 0 Å². The highest BCUT2D eigenvalue weighted by molar-refractivity contribution is 5.76. The maximum absolute atomic E-state index is 13.6. The van der Waals surface area contributed by atoms with Crippen molar-refractivity contribution in [1.82, 2.24) is 0 Å². The van der Waals surface area contributed by atoms with E-state index >= 15 is 0 Å². The van der Waals surface area contributed by atoms with Crippen molar-refractivity contribution in [3.05, 3.63) is 11.1 Å². The third-order valence-electron chi connectivity index (χ3n) is 4.86. The molecule has 0 N–H and O–H groups in total. The van der Waals surface area contributed by atoms with Gasteiger partial charge in [0.1, 0.15) is 12.0 Å². The SMILES string of the molecule is CC1(C)CCC(C=O)=C(C23CC(F)(C2)C3)C1. The fraction of sp³-hybridized carbons (Fsp3) is 0.786. The van der Waals surface area contributed by atoms with Gasteiger partial charge in [-0.15, -0.1) is 0 Å². The summed E-state index contributed by atoms with van der Waals surface area (Å²) in [4.78, 5) is 11.1. The Morgan fingerprint density at radius 2 is 1.88 bits per heavy atom. The summed E-state index contributed by atoms with van der Waals surface area (Å²) in [7, 11) is 0. The summed E-state index contributed by atoms with van der Waals surface area (Å²) in [6, 6.07) is 0. The second-order valence-electron chi connectivity index (χ2n) is 6.92. The average Bonchev–Trinajstić information content (AvgIpc) is 2.10. The van der Waals surface area contributed by atoms with E-state index in [4.69, 9.17) is 0 Å². The van der Waals surface area contributed by atoms with Crippen molar-refractivity contribution in [2.45, 2.75) is 58.0 Å². The Balaban J connectivity index is 1.91. The minimum Gasteiger partial charge on any atom is -0.298 e. The van der Waals surface area contributed by atoms with Crippen LogP contribution in [0, 0.1) is 10.8 Å². The largest absolute Gasteiger partial charge is 0.298 e. The summed E-state index contributed by atoms with van der Waals surface area (Å²) < 4.78 is 13.6. The molecule has 0 aromatic heterocycles. The lowest BCUT2D eigenvalue weighted by atomic mass is 9.38. The number of alkyl halides is 1. The van der Waals surface area contributed by atoms with Crippen LogP contribution in [0.25, 0.3) is 0 Å². The molecule has 0 aromatic carbocycles. The number of hydrogen-bond acceptors (Lipinski definition) is 1. The lowest BCUT2D eigenvalue weighted by Crippen LogP contribution is -2.65. The molecule has 3 fully saturated rings. The van der Waals surface area contributed by atoms with Crippen LogP contribution in [-0.4, -0.2) is 12.0 Å². The highest BCUT2D eigenvalue weighted by atomic mass is 19.1. The molecule has 0 heterocycles. The Morgan fingerprint density at radius 1 is 1.25 bits per heavy atom. The second-order valence-corrected chi connectivity index (χ2v) is 6.92. The normalized spacial score (nSPS) is 44.7. The van der Waals surface area contributed by atoms with E-state index in [9.17, 15) is 9.18 Å². The van der Waals surface area contributed by atoms with Crippen molar-refractivity contribution in [2.75, 3.05) is 0 Å². The van der Waals surface area contributed by atoms with E-state index in [0.29, 0.717) is 24.7 Å². The smallest absolute Gasteiger partial charge is 0.145 e. The maximum Gasteiger partial charge on any atom is 0.145 e. The first-order valence-electron chi connectivity index (χ1n) is 6.25. The molecule has 0 saturated heterocycles. The Morgan fingerprint density at radius 3 is 2.38 bits per heavy atom. The summed E-state index contributed by atoms with van der Waals surface area (Å²) in [5.74, 6) is 0. The van der Waals surface area contributed by atoms with Crippen LogP contribution in [-0.2, 0) is 4.79 Å². The molecule has 0 aromatic rings. The highest BCUT2D eigenvalue weighted by Crippen LogP contribution is 2.74. The number of carbonyl (C=O) groups excluding carboxylic acids is 1. The zero-order chi connectivity index (χ0) is 11.6.